The number of benzene rings is 2. The van der Waals surface area contributed by atoms with Crippen molar-refractivity contribution in [3.63, 3.8) is 0 Å². The molecule has 0 saturated heterocycles. The van der Waals surface area contributed by atoms with Crippen molar-refractivity contribution in [1.82, 2.24) is 14.5 Å². The number of hydrogen-bond acceptors (Lipinski definition) is 7. The lowest BCUT2D eigenvalue weighted by Gasteiger charge is -2.17. The third kappa shape index (κ3) is 5.66. The first kappa shape index (κ1) is 26.7. The summed E-state index contributed by atoms with van der Waals surface area (Å²) < 4.78 is 41.4. The Kier molecular flexibility index (Phi) is 8.00. The van der Waals surface area contributed by atoms with E-state index < -0.39 is 21.9 Å². The number of carbonyl (C=O) groups excluding carboxylic acids is 1. The number of carboxylic acids is 1. The topological polar surface area (TPSA) is 149 Å². The Hall–Kier alpha value is -3.90. The molecular weight excluding hydrogens is 488 g/mol. The van der Waals surface area contributed by atoms with Gasteiger partial charge in [-0.25, -0.2) is 22.6 Å². The number of para-hydroxylation sites is 1. The zero-order chi connectivity index (χ0) is 26.6. The molecule has 0 aliphatic heterocycles. The number of carbonyl (C=O) groups is 2. The fourth-order valence-corrected chi connectivity index (χ4v) is 4.87. The fraction of sp³-hybridized carbons (Fsp3) is 0.292. The van der Waals surface area contributed by atoms with Crippen molar-refractivity contribution in [1.29, 1.82) is 0 Å². The van der Waals surface area contributed by atoms with Gasteiger partial charge in [-0.2, -0.15) is 5.10 Å². The third-order valence-corrected chi connectivity index (χ3v) is 7.05. The quantitative estimate of drug-likeness (QED) is 0.370. The molecule has 0 saturated carbocycles. The molecule has 0 radical (unpaired) electrons. The third-order valence-electron chi connectivity index (χ3n) is 5.44. The summed E-state index contributed by atoms with van der Waals surface area (Å²) in [5.74, 6) is -1.36. The smallest absolute Gasteiger partial charge is 0.356 e. The molecule has 36 heavy (non-hydrogen) atoms. The van der Waals surface area contributed by atoms with Gasteiger partial charge in [0.15, 0.2) is 5.69 Å². The predicted molar refractivity (Wildman–Crippen MR) is 132 cm³/mol. The molecule has 11 nitrogen and oxygen atoms in total. The van der Waals surface area contributed by atoms with Crippen molar-refractivity contribution in [2.75, 3.05) is 12.4 Å². The summed E-state index contributed by atoms with van der Waals surface area (Å²) in [5.41, 5.74) is 0.497. The molecule has 2 aromatic carbocycles. The molecule has 3 N–H and O–H groups in total. The maximum absolute atomic E-state index is 13.3. The summed E-state index contributed by atoms with van der Waals surface area (Å²) in [5, 5.41) is 16.0. The largest absolute Gasteiger partial charge is 0.496 e. The monoisotopic (exact) mass is 516 g/mol. The van der Waals surface area contributed by atoms with Gasteiger partial charge in [-0.05, 0) is 50.6 Å². The van der Waals surface area contributed by atoms with E-state index in [1.807, 2.05) is 6.92 Å². The van der Waals surface area contributed by atoms with E-state index >= 15 is 0 Å². The predicted octanol–water partition coefficient (Wildman–Crippen LogP) is 3.56. The number of hydrogen-bond donors (Lipinski definition) is 3. The van der Waals surface area contributed by atoms with Gasteiger partial charge in [0.25, 0.3) is 5.91 Å². The van der Waals surface area contributed by atoms with Crippen molar-refractivity contribution < 1.29 is 32.6 Å². The van der Waals surface area contributed by atoms with Crippen LogP contribution in [0.3, 0.4) is 0 Å². The van der Waals surface area contributed by atoms with Crippen LogP contribution in [0.25, 0.3) is 0 Å². The number of aromatic carboxylic acids is 1. The molecule has 1 atom stereocenters. The number of nitrogens with one attached hydrogen (secondary N) is 2. The second-order valence-electron chi connectivity index (χ2n) is 8.06. The molecule has 0 spiro atoms. The van der Waals surface area contributed by atoms with Crippen molar-refractivity contribution in [2.45, 2.75) is 38.1 Å². The number of carboxylic acid groups (broad SMARTS) is 1. The Balaban J connectivity index is 2.05. The molecule has 0 unspecified atom stereocenters. The summed E-state index contributed by atoms with van der Waals surface area (Å²) >= 11 is 0. The molecule has 3 aromatic rings. The highest BCUT2D eigenvalue weighted by Crippen LogP contribution is 2.34. The van der Waals surface area contributed by atoms with Crippen molar-refractivity contribution in [3.8, 4) is 17.4 Å². The van der Waals surface area contributed by atoms with Gasteiger partial charge in [-0.1, -0.05) is 19.1 Å². The number of nitrogens with zero attached hydrogens (tertiary/aromatic N) is 2. The van der Waals surface area contributed by atoms with Crippen LogP contribution in [0.15, 0.2) is 47.4 Å². The molecule has 192 valence electrons. The normalized spacial score (nSPS) is 12.1. The molecule has 0 bridgehead atoms. The van der Waals surface area contributed by atoms with Crippen LogP contribution < -0.4 is 19.5 Å². The molecule has 0 aliphatic rings. The molecular formula is C24H28N4O7S. The van der Waals surface area contributed by atoms with Crippen LogP contribution in [0.2, 0.25) is 0 Å². The van der Waals surface area contributed by atoms with E-state index in [1.165, 1.54) is 44.0 Å². The van der Waals surface area contributed by atoms with Crippen LogP contribution in [-0.2, 0) is 17.1 Å². The Morgan fingerprint density at radius 2 is 1.86 bits per heavy atom. The van der Waals surface area contributed by atoms with Crippen molar-refractivity contribution >= 4 is 27.6 Å². The van der Waals surface area contributed by atoms with Crippen LogP contribution in [-0.4, -0.2) is 48.3 Å². The van der Waals surface area contributed by atoms with Gasteiger partial charge < -0.3 is 19.9 Å². The number of aromatic nitrogens is 2. The lowest BCUT2D eigenvalue weighted by Crippen LogP contribution is -2.32. The molecule has 0 aliphatic carbocycles. The number of amides is 1. The summed E-state index contributed by atoms with van der Waals surface area (Å²) in [6.07, 6.45) is 0.544. The van der Waals surface area contributed by atoms with E-state index in [2.05, 4.69) is 15.1 Å². The Bertz CT molecular complexity index is 1400. The van der Waals surface area contributed by atoms with E-state index in [0.29, 0.717) is 12.2 Å². The van der Waals surface area contributed by atoms with Crippen LogP contribution >= 0.6 is 0 Å². The van der Waals surface area contributed by atoms with Crippen LogP contribution in [0.4, 0.5) is 5.69 Å². The number of aryl methyl sites for hydroxylation is 1. The van der Waals surface area contributed by atoms with Gasteiger partial charge in [-0.3, -0.25) is 4.79 Å². The van der Waals surface area contributed by atoms with E-state index in [1.54, 1.807) is 31.2 Å². The molecule has 12 heteroatoms. The van der Waals surface area contributed by atoms with E-state index in [9.17, 15) is 23.1 Å². The minimum atomic E-state index is -4.09. The minimum Gasteiger partial charge on any atom is -0.496 e. The number of methoxy groups -OCH3 is 1. The van der Waals surface area contributed by atoms with Gasteiger partial charge in [-0.15, -0.1) is 0 Å². The van der Waals surface area contributed by atoms with E-state index in [0.717, 1.165) is 0 Å². The first-order valence-corrected chi connectivity index (χ1v) is 12.5. The van der Waals surface area contributed by atoms with Crippen molar-refractivity contribution in [3.05, 3.63) is 59.3 Å². The summed E-state index contributed by atoms with van der Waals surface area (Å²) in [7, 11) is -1.16. The fourth-order valence-electron chi connectivity index (χ4n) is 3.39. The SMILES string of the molecule is CC[C@H](C)NS(=O)(=O)c1cc(NC(=O)c2ccccc2OC)ccc1Oc1c(C)c(C(=O)O)nn1C. The highest BCUT2D eigenvalue weighted by Gasteiger charge is 2.26. The molecule has 3 rings (SSSR count). The summed E-state index contributed by atoms with van der Waals surface area (Å²) in [6.45, 7) is 5.07. The number of ether oxygens (including phenoxy) is 2. The Labute approximate surface area is 209 Å². The number of anilines is 1. The summed E-state index contributed by atoms with van der Waals surface area (Å²) in [6, 6.07) is 10.4. The molecule has 1 amide bonds. The zero-order valence-corrected chi connectivity index (χ0v) is 21.3. The second kappa shape index (κ2) is 10.8. The molecule has 0 fully saturated rings. The average molecular weight is 517 g/mol. The highest BCUT2D eigenvalue weighted by molar-refractivity contribution is 7.89. The van der Waals surface area contributed by atoms with Gasteiger partial charge in [0.05, 0.1) is 12.7 Å². The first-order valence-electron chi connectivity index (χ1n) is 11.0. The first-order chi connectivity index (χ1) is 17.0. The maximum Gasteiger partial charge on any atom is 0.356 e. The zero-order valence-electron chi connectivity index (χ0n) is 20.5. The number of sulfonamides is 1. The van der Waals surface area contributed by atoms with Crippen LogP contribution in [0.1, 0.15) is 46.7 Å². The van der Waals surface area contributed by atoms with Gasteiger partial charge in [0.2, 0.25) is 15.9 Å². The van der Waals surface area contributed by atoms with Gasteiger partial charge in [0, 0.05) is 24.3 Å². The number of rotatable bonds is 10. The lowest BCUT2D eigenvalue weighted by atomic mass is 10.2. The van der Waals surface area contributed by atoms with Crippen molar-refractivity contribution in [2.24, 2.45) is 7.05 Å². The summed E-state index contributed by atoms with van der Waals surface area (Å²) in [4.78, 5) is 24.1. The second-order valence-corrected chi connectivity index (χ2v) is 9.74. The highest BCUT2D eigenvalue weighted by atomic mass is 32.2. The maximum atomic E-state index is 13.3. The van der Waals surface area contributed by atoms with Gasteiger partial charge in [0.1, 0.15) is 16.4 Å². The van der Waals surface area contributed by atoms with E-state index in [4.69, 9.17) is 9.47 Å². The van der Waals surface area contributed by atoms with Gasteiger partial charge >= 0.3 is 5.97 Å². The van der Waals surface area contributed by atoms with Crippen LogP contribution in [0.5, 0.6) is 17.4 Å². The standard InChI is InChI=1S/C24H28N4O7S/c1-6-14(2)27-36(32,33)20-13-16(25-22(29)17-9-7-8-10-18(17)34-5)11-12-19(20)35-23-15(3)21(24(30)31)26-28(23)4/h7-14,27H,6H2,1-5H3,(H,25,29)(H,30,31)/t14-/m0/s1. The van der Waals surface area contributed by atoms with E-state index in [-0.39, 0.29) is 45.1 Å². The Morgan fingerprint density at radius 1 is 1.17 bits per heavy atom. The minimum absolute atomic E-state index is 0.0656. The average Bonchev–Trinajstić information content (AvgIpc) is 3.12. The molecule has 1 aromatic heterocycles. The molecule has 1 heterocycles. The lowest BCUT2D eigenvalue weighted by molar-refractivity contribution is 0.0688. The Morgan fingerprint density at radius 3 is 2.47 bits per heavy atom. The van der Waals surface area contributed by atoms with Crippen LogP contribution in [0, 0.1) is 6.92 Å².